The minimum Gasteiger partial charge on any atom is -0.487 e. The minimum absolute atomic E-state index is 0.255. The summed E-state index contributed by atoms with van der Waals surface area (Å²) in [7, 11) is 0. The van der Waals surface area contributed by atoms with Crippen molar-refractivity contribution in [1.29, 1.82) is 0 Å². The standard InChI is InChI=1S/C24H18ClNO3/c1-3-14(4-2)13-29-20-7-5-6-15-8-11-19(26-22(15)20)21-23(27)17-10-9-16(25)12-18(17)24(21)28/h3-12,21H,1,13H2,2H3/b14-4+. The van der Waals surface area contributed by atoms with Crippen LogP contribution in [0.3, 0.4) is 0 Å². The van der Waals surface area contributed by atoms with Crippen LogP contribution in [0.15, 0.2) is 72.8 Å². The number of allylic oxidation sites excluding steroid dienone is 1. The van der Waals surface area contributed by atoms with E-state index in [4.69, 9.17) is 16.3 Å². The number of hydrogen-bond acceptors (Lipinski definition) is 4. The van der Waals surface area contributed by atoms with E-state index in [1.165, 1.54) is 0 Å². The summed E-state index contributed by atoms with van der Waals surface area (Å²) in [4.78, 5) is 30.4. The summed E-state index contributed by atoms with van der Waals surface area (Å²) in [5.41, 5.74) is 2.71. The fourth-order valence-corrected chi connectivity index (χ4v) is 3.64. The fourth-order valence-electron chi connectivity index (χ4n) is 3.47. The largest absolute Gasteiger partial charge is 0.487 e. The molecule has 0 radical (unpaired) electrons. The van der Waals surface area contributed by atoms with Gasteiger partial charge < -0.3 is 4.74 Å². The Morgan fingerprint density at radius 1 is 1.14 bits per heavy atom. The Balaban J connectivity index is 1.74. The van der Waals surface area contributed by atoms with Crippen molar-refractivity contribution in [2.24, 2.45) is 0 Å². The number of Topliss-reactive ketones (excluding diaryl/α,β-unsaturated/α-hetero) is 2. The zero-order valence-electron chi connectivity index (χ0n) is 15.8. The lowest BCUT2D eigenvalue weighted by Crippen LogP contribution is -2.14. The average Bonchev–Trinajstić information content (AvgIpc) is 2.98. The van der Waals surface area contributed by atoms with Gasteiger partial charge in [0.05, 0.1) is 5.69 Å². The lowest BCUT2D eigenvalue weighted by Gasteiger charge is -2.12. The molecule has 4 rings (SSSR count). The Bertz CT molecular complexity index is 1200. The van der Waals surface area contributed by atoms with Gasteiger partial charge in [0.2, 0.25) is 0 Å². The number of ketones is 2. The molecule has 1 aliphatic carbocycles. The van der Waals surface area contributed by atoms with Gasteiger partial charge in [0.25, 0.3) is 0 Å². The van der Waals surface area contributed by atoms with E-state index in [9.17, 15) is 9.59 Å². The van der Waals surface area contributed by atoms with Gasteiger partial charge in [-0.3, -0.25) is 9.59 Å². The topological polar surface area (TPSA) is 56.3 Å². The maximum Gasteiger partial charge on any atom is 0.180 e. The van der Waals surface area contributed by atoms with Crippen LogP contribution >= 0.6 is 11.6 Å². The first-order valence-corrected chi connectivity index (χ1v) is 9.59. The third kappa shape index (κ3) is 3.36. The van der Waals surface area contributed by atoms with Crippen molar-refractivity contribution in [2.45, 2.75) is 12.8 Å². The molecule has 0 amide bonds. The molecular weight excluding hydrogens is 386 g/mol. The number of carbonyl (C=O) groups is 2. The summed E-state index contributed by atoms with van der Waals surface area (Å²) < 4.78 is 5.92. The van der Waals surface area contributed by atoms with Gasteiger partial charge in [-0.05, 0) is 42.8 Å². The maximum atomic E-state index is 12.9. The predicted molar refractivity (Wildman–Crippen MR) is 114 cm³/mol. The van der Waals surface area contributed by atoms with Gasteiger partial charge in [0.1, 0.15) is 23.8 Å². The molecule has 3 aromatic rings. The number of ether oxygens (including phenoxy) is 1. The Labute approximate surface area is 173 Å². The predicted octanol–water partition coefficient (Wildman–Crippen LogP) is 5.56. The zero-order valence-corrected chi connectivity index (χ0v) is 16.6. The molecule has 4 nitrogen and oxygen atoms in total. The van der Waals surface area contributed by atoms with E-state index in [0.717, 1.165) is 11.0 Å². The number of pyridine rings is 1. The second kappa shape index (κ2) is 7.64. The molecule has 0 fully saturated rings. The average molecular weight is 404 g/mol. The summed E-state index contributed by atoms with van der Waals surface area (Å²) in [6.45, 7) is 6.04. The Hall–Kier alpha value is -3.24. The SMILES string of the molecule is C=C/C(=C\C)COc1cccc2ccc(C3C(=O)c4ccc(Cl)cc4C3=O)nc12. The number of nitrogens with zero attached hydrogens (tertiary/aromatic N) is 1. The van der Waals surface area contributed by atoms with E-state index < -0.39 is 5.92 Å². The molecule has 144 valence electrons. The highest BCUT2D eigenvalue weighted by molar-refractivity contribution is 6.34. The van der Waals surface area contributed by atoms with Crippen molar-refractivity contribution in [2.75, 3.05) is 6.61 Å². The van der Waals surface area contributed by atoms with Crippen LogP contribution in [-0.4, -0.2) is 23.2 Å². The summed E-state index contributed by atoms with van der Waals surface area (Å²) in [6.07, 6.45) is 3.66. The highest BCUT2D eigenvalue weighted by Gasteiger charge is 2.40. The molecule has 5 heteroatoms. The molecule has 0 saturated carbocycles. The normalized spacial score (nSPS) is 16.2. The van der Waals surface area contributed by atoms with Crippen molar-refractivity contribution in [3.63, 3.8) is 0 Å². The van der Waals surface area contributed by atoms with Crippen LogP contribution < -0.4 is 4.74 Å². The van der Waals surface area contributed by atoms with Crippen LogP contribution in [0.2, 0.25) is 5.02 Å². The smallest absolute Gasteiger partial charge is 0.180 e. The lowest BCUT2D eigenvalue weighted by molar-refractivity contribution is 0.0888. The highest BCUT2D eigenvalue weighted by atomic mass is 35.5. The van der Waals surface area contributed by atoms with Gasteiger partial charge in [-0.2, -0.15) is 0 Å². The summed E-state index contributed by atoms with van der Waals surface area (Å²) >= 11 is 6.01. The third-order valence-electron chi connectivity index (χ3n) is 5.06. The molecule has 0 N–H and O–H groups in total. The van der Waals surface area contributed by atoms with Crippen LogP contribution in [0.25, 0.3) is 10.9 Å². The van der Waals surface area contributed by atoms with Crippen LogP contribution in [0.5, 0.6) is 5.75 Å². The van der Waals surface area contributed by atoms with Gasteiger partial charge in [-0.1, -0.05) is 48.5 Å². The molecule has 0 saturated heterocycles. The molecule has 1 aliphatic rings. The summed E-state index contributed by atoms with van der Waals surface area (Å²) in [5, 5.41) is 1.29. The van der Waals surface area contributed by atoms with Gasteiger partial charge in [0, 0.05) is 21.5 Å². The summed E-state index contributed by atoms with van der Waals surface area (Å²) in [5.74, 6) is -0.903. The Kier molecular flexibility index (Phi) is 5.03. The zero-order chi connectivity index (χ0) is 20.5. The van der Waals surface area contributed by atoms with Gasteiger partial charge >= 0.3 is 0 Å². The van der Waals surface area contributed by atoms with Crippen LogP contribution in [0.4, 0.5) is 0 Å². The number of hydrogen-bond donors (Lipinski definition) is 0. The monoisotopic (exact) mass is 403 g/mol. The molecule has 1 unspecified atom stereocenters. The van der Waals surface area contributed by atoms with Crippen molar-refractivity contribution in [1.82, 2.24) is 4.98 Å². The van der Waals surface area contributed by atoms with E-state index in [1.54, 1.807) is 30.3 Å². The van der Waals surface area contributed by atoms with Crippen LogP contribution in [-0.2, 0) is 0 Å². The Morgan fingerprint density at radius 3 is 2.69 bits per heavy atom. The van der Waals surface area contributed by atoms with Crippen LogP contribution in [0.1, 0.15) is 39.3 Å². The van der Waals surface area contributed by atoms with Crippen molar-refractivity contribution in [3.8, 4) is 5.75 Å². The van der Waals surface area contributed by atoms with Gasteiger partial charge in [-0.15, -0.1) is 0 Å². The van der Waals surface area contributed by atoms with E-state index in [1.807, 2.05) is 37.3 Å². The van der Waals surface area contributed by atoms with E-state index in [-0.39, 0.29) is 11.6 Å². The molecule has 2 aromatic carbocycles. The molecule has 1 atom stereocenters. The van der Waals surface area contributed by atoms with E-state index >= 15 is 0 Å². The van der Waals surface area contributed by atoms with E-state index in [0.29, 0.717) is 39.7 Å². The maximum absolute atomic E-state index is 12.9. The second-order valence-corrected chi connectivity index (χ2v) is 7.21. The number of carbonyl (C=O) groups excluding carboxylic acids is 2. The van der Waals surface area contributed by atoms with Crippen molar-refractivity contribution in [3.05, 3.63) is 94.7 Å². The number of fused-ring (bicyclic) bond motifs is 2. The lowest BCUT2D eigenvalue weighted by atomic mass is 9.98. The highest BCUT2D eigenvalue weighted by Crippen LogP contribution is 2.36. The molecule has 0 spiro atoms. The van der Waals surface area contributed by atoms with Crippen molar-refractivity contribution < 1.29 is 14.3 Å². The first-order valence-electron chi connectivity index (χ1n) is 9.21. The van der Waals surface area contributed by atoms with E-state index in [2.05, 4.69) is 11.6 Å². The minimum atomic E-state index is -0.958. The molecular formula is C24H18ClNO3. The summed E-state index contributed by atoms with van der Waals surface area (Å²) in [6, 6.07) is 13.9. The van der Waals surface area contributed by atoms with Crippen LogP contribution in [0, 0.1) is 0 Å². The van der Waals surface area contributed by atoms with Gasteiger partial charge in [-0.25, -0.2) is 4.98 Å². The number of benzene rings is 2. The van der Waals surface area contributed by atoms with Gasteiger partial charge in [0.15, 0.2) is 11.6 Å². The third-order valence-corrected chi connectivity index (χ3v) is 5.30. The second-order valence-electron chi connectivity index (χ2n) is 6.77. The first-order chi connectivity index (χ1) is 14.0. The Morgan fingerprint density at radius 2 is 1.93 bits per heavy atom. The quantitative estimate of drug-likeness (QED) is 0.413. The number of rotatable bonds is 5. The van der Waals surface area contributed by atoms with Crippen molar-refractivity contribution >= 4 is 34.1 Å². The molecule has 0 aliphatic heterocycles. The molecule has 1 heterocycles. The fraction of sp³-hybridized carbons (Fsp3) is 0.125. The molecule has 1 aromatic heterocycles. The number of para-hydroxylation sites is 1. The number of aromatic nitrogens is 1. The molecule has 0 bridgehead atoms. The number of halogens is 1. The first kappa shape index (κ1) is 19.1. The molecule has 29 heavy (non-hydrogen) atoms.